The number of nitriles is 1. The molecule has 0 aliphatic carbocycles. The Balaban J connectivity index is 1.76. The van der Waals surface area contributed by atoms with Crippen LogP contribution in [-0.2, 0) is 0 Å². The number of para-hydroxylation sites is 1. The molecule has 3 aromatic rings. The molecule has 0 spiro atoms. The van der Waals surface area contributed by atoms with Crippen LogP contribution in [-0.4, -0.2) is 5.71 Å². The Hall–Kier alpha value is -3.38. The van der Waals surface area contributed by atoms with E-state index in [1.807, 2.05) is 54.6 Å². The third kappa shape index (κ3) is 3.02. The van der Waals surface area contributed by atoms with Gasteiger partial charge < -0.3 is 0 Å². The number of hydrogen-bond donors (Lipinski definition) is 0. The molecule has 0 bridgehead atoms. The number of hydrogen-bond acceptors (Lipinski definition) is 3. The largest absolute Gasteiger partial charge is 0.257 e. The highest BCUT2D eigenvalue weighted by atomic mass is 15.5. The Kier molecular flexibility index (Phi) is 4.02. The van der Waals surface area contributed by atoms with Crippen LogP contribution in [0, 0.1) is 11.3 Å². The molecule has 120 valence electrons. The summed E-state index contributed by atoms with van der Waals surface area (Å²) in [7, 11) is 0. The summed E-state index contributed by atoms with van der Waals surface area (Å²) in [5.41, 5.74) is 5.05. The minimum Gasteiger partial charge on any atom is -0.257 e. The summed E-state index contributed by atoms with van der Waals surface area (Å²) in [4.78, 5) is 0. The van der Waals surface area contributed by atoms with Gasteiger partial charge >= 0.3 is 0 Å². The van der Waals surface area contributed by atoms with Gasteiger partial charge in [-0.2, -0.15) is 10.4 Å². The molecule has 0 aromatic heterocycles. The topological polar surface area (TPSA) is 39.4 Å². The Morgan fingerprint density at radius 2 is 1.60 bits per heavy atom. The lowest BCUT2D eigenvalue weighted by atomic mass is 9.97. The van der Waals surface area contributed by atoms with Crippen LogP contribution in [0.5, 0.6) is 0 Å². The Labute approximate surface area is 147 Å². The molecule has 3 nitrogen and oxygen atoms in total. The second-order valence-corrected chi connectivity index (χ2v) is 6.05. The standard InChI is InChI=1S/C22H17N3/c23-16-17-8-7-11-19(14-17)22-15-21(18-9-3-1-4-10-18)24-25(22)20-12-5-2-6-13-20/h1-14,22H,15H2. The van der Waals surface area contributed by atoms with Gasteiger partial charge in [-0.25, -0.2) is 0 Å². The third-order valence-corrected chi connectivity index (χ3v) is 4.44. The summed E-state index contributed by atoms with van der Waals surface area (Å²) in [6.45, 7) is 0. The molecule has 4 rings (SSSR count). The number of nitrogens with zero attached hydrogens (tertiary/aromatic N) is 3. The fraction of sp³-hybridized carbons (Fsp3) is 0.0909. The first-order chi connectivity index (χ1) is 12.3. The van der Waals surface area contributed by atoms with Crippen molar-refractivity contribution in [3.63, 3.8) is 0 Å². The molecule has 0 fully saturated rings. The van der Waals surface area contributed by atoms with Gasteiger partial charge in [0.1, 0.15) is 0 Å². The first kappa shape index (κ1) is 15.2. The minimum absolute atomic E-state index is 0.0888. The monoisotopic (exact) mass is 323 g/mol. The molecular weight excluding hydrogens is 306 g/mol. The van der Waals surface area contributed by atoms with E-state index in [1.54, 1.807) is 0 Å². The molecule has 0 N–H and O–H groups in total. The van der Waals surface area contributed by atoms with Crippen molar-refractivity contribution in [3.05, 3.63) is 102 Å². The van der Waals surface area contributed by atoms with Crippen molar-refractivity contribution in [2.75, 3.05) is 5.01 Å². The summed E-state index contributed by atoms with van der Waals surface area (Å²) < 4.78 is 0. The Morgan fingerprint density at radius 3 is 2.32 bits per heavy atom. The maximum absolute atomic E-state index is 9.23. The number of hydrazone groups is 1. The van der Waals surface area contributed by atoms with Crippen LogP contribution in [0.4, 0.5) is 5.69 Å². The van der Waals surface area contributed by atoms with Crippen molar-refractivity contribution < 1.29 is 0 Å². The van der Waals surface area contributed by atoms with Crippen molar-refractivity contribution in [3.8, 4) is 6.07 Å². The zero-order valence-corrected chi connectivity index (χ0v) is 13.7. The van der Waals surface area contributed by atoms with Gasteiger partial charge in [0.2, 0.25) is 0 Å². The molecular formula is C22H17N3. The zero-order valence-electron chi connectivity index (χ0n) is 13.7. The molecule has 0 radical (unpaired) electrons. The molecule has 0 saturated carbocycles. The number of anilines is 1. The van der Waals surface area contributed by atoms with E-state index < -0.39 is 0 Å². The Bertz CT molecular complexity index is 940. The van der Waals surface area contributed by atoms with E-state index in [-0.39, 0.29) is 6.04 Å². The highest BCUT2D eigenvalue weighted by molar-refractivity contribution is 6.03. The minimum atomic E-state index is 0.0888. The van der Waals surface area contributed by atoms with Crippen molar-refractivity contribution >= 4 is 11.4 Å². The molecule has 1 unspecified atom stereocenters. The highest BCUT2D eigenvalue weighted by Crippen LogP contribution is 2.36. The summed E-state index contributed by atoms with van der Waals surface area (Å²) in [6.07, 6.45) is 0.813. The SMILES string of the molecule is N#Cc1cccc(C2CC(c3ccccc3)=NN2c2ccccc2)c1. The van der Waals surface area contributed by atoms with E-state index in [1.165, 1.54) is 0 Å². The smallest absolute Gasteiger partial charge is 0.0991 e. The van der Waals surface area contributed by atoms with E-state index in [0.29, 0.717) is 5.56 Å². The third-order valence-electron chi connectivity index (χ3n) is 4.44. The second kappa shape index (κ2) is 6.62. The number of benzene rings is 3. The predicted octanol–water partition coefficient (Wildman–Crippen LogP) is 4.91. The lowest BCUT2D eigenvalue weighted by Crippen LogP contribution is -2.18. The molecule has 1 aliphatic rings. The van der Waals surface area contributed by atoms with Crippen LogP contribution < -0.4 is 5.01 Å². The molecule has 3 heteroatoms. The molecule has 3 aromatic carbocycles. The molecule has 0 amide bonds. The fourth-order valence-corrected chi connectivity index (χ4v) is 3.21. The first-order valence-corrected chi connectivity index (χ1v) is 8.32. The van der Waals surface area contributed by atoms with E-state index in [4.69, 9.17) is 5.10 Å². The van der Waals surface area contributed by atoms with Crippen molar-refractivity contribution in [1.29, 1.82) is 5.26 Å². The van der Waals surface area contributed by atoms with Gasteiger partial charge in [0.25, 0.3) is 0 Å². The van der Waals surface area contributed by atoms with Crippen LogP contribution in [0.25, 0.3) is 0 Å². The Morgan fingerprint density at radius 1 is 0.880 bits per heavy atom. The molecule has 1 atom stereocenters. The van der Waals surface area contributed by atoms with Crippen molar-refractivity contribution in [2.24, 2.45) is 5.10 Å². The van der Waals surface area contributed by atoms with Crippen LogP contribution in [0.1, 0.15) is 29.2 Å². The highest BCUT2D eigenvalue weighted by Gasteiger charge is 2.29. The summed E-state index contributed by atoms with van der Waals surface area (Å²) >= 11 is 0. The van der Waals surface area contributed by atoms with Crippen LogP contribution in [0.2, 0.25) is 0 Å². The van der Waals surface area contributed by atoms with Gasteiger partial charge in [0, 0.05) is 6.42 Å². The molecule has 25 heavy (non-hydrogen) atoms. The fourth-order valence-electron chi connectivity index (χ4n) is 3.21. The second-order valence-electron chi connectivity index (χ2n) is 6.05. The van der Waals surface area contributed by atoms with Gasteiger partial charge in [-0.05, 0) is 35.4 Å². The summed E-state index contributed by atoms with van der Waals surface area (Å²) in [6, 6.07) is 30.6. The van der Waals surface area contributed by atoms with E-state index in [9.17, 15) is 5.26 Å². The van der Waals surface area contributed by atoms with Gasteiger partial charge in [0.05, 0.1) is 29.1 Å². The predicted molar refractivity (Wildman–Crippen MR) is 100 cm³/mol. The lowest BCUT2D eigenvalue weighted by Gasteiger charge is -2.24. The molecule has 0 saturated heterocycles. The quantitative estimate of drug-likeness (QED) is 0.686. The van der Waals surface area contributed by atoms with Crippen molar-refractivity contribution in [1.82, 2.24) is 0 Å². The summed E-state index contributed by atoms with van der Waals surface area (Å²) in [5.74, 6) is 0. The molecule has 1 heterocycles. The average Bonchev–Trinajstić information content (AvgIpc) is 3.15. The van der Waals surface area contributed by atoms with E-state index >= 15 is 0 Å². The maximum Gasteiger partial charge on any atom is 0.0991 e. The average molecular weight is 323 g/mol. The first-order valence-electron chi connectivity index (χ1n) is 8.32. The number of rotatable bonds is 3. The van der Waals surface area contributed by atoms with Crippen LogP contribution in [0.15, 0.2) is 90.0 Å². The normalized spacial score (nSPS) is 16.4. The van der Waals surface area contributed by atoms with Crippen molar-refractivity contribution in [2.45, 2.75) is 12.5 Å². The van der Waals surface area contributed by atoms with E-state index in [0.717, 1.165) is 28.9 Å². The molecule has 1 aliphatic heterocycles. The van der Waals surface area contributed by atoms with Crippen LogP contribution >= 0.6 is 0 Å². The summed E-state index contributed by atoms with van der Waals surface area (Å²) in [5, 5.41) is 16.2. The van der Waals surface area contributed by atoms with E-state index in [2.05, 4.69) is 41.4 Å². The lowest BCUT2D eigenvalue weighted by molar-refractivity contribution is 0.709. The van der Waals surface area contributed by atoms with Gasteiger partial charge in [-0.15, -0.1) is 0 Å². The van der Waals surface area contributed by atoms with Crippen LogP contribution in [0.3, 0.4) is 0 Å². The van der Waals surface area contributed by atoms with Gasteiger partial charge in [-0.3, -0.25) is 5.01 Å². The van der Waals surface area contributed by atoms with Gasteiger partial charge in [-0.1, -0.05) is 60.7 Å². The van der Waals surface area contributed by atoms with Gasteiger partial charge in [0.15, 0.2) is 0 Å². The zero-order chi connectivity index (χ0) is 17.1. The maximum atomic E-state index is 9.23.